The topological polar surface area (TPSA) is 196 Å². The predicted molar refractivity (Wildman–Crippen MR) is 197 cm³/mol. The summed E-state index contributed by atoms with van der Waals surface area (Å²) in [4.78, 5) is 61.0. The summed E-state index contributed by atoms with van der Waals surface area (Å²) in [6.45, 7) is 22.3. The van der Waals surface area contributed by atoms with Gasteiger partial charge < -0.3 is 28.4 Å². The van der Waals surface area contributed by atoms with E-state index in [2.05, 4.69) is 73.0 Å². The number of benzene rings is 2. The number of non-ortho nitro benzene ring substituents is 2. The van der Waals surface area contributed by atoms with Crippen molar-refractivity contribution in [3.05, 3.63) is 79.9 Å². The van der Waals surface area contributed by atoms with Gasteiger partial charge in [0.25, 0.3) is 11.4 Å². The number of rotatable bonds is 14. The Morgan fingerprint density at radius 2 is 1.27 bits per heavy atom. The highest BCUT2D eigenvalue weighted by atomic mass is 28.4. The number of cyclic esters (lactones) is 1. The molecule has 52 heavy (non-hydrogen) atoms. The minimum atomic E-state index is -2.57. The molecule has 0 bridgehead atoms. The zero-order valence-corrected chi connectivity index (χ0v) is 33.7. The van der Waals surface area contributed by atoms with E-state index < -0.39 is 74.8 Å². The second kappa shape index (κ2) is 16.2. The standard InChI is InChI=1S/C35H51N3O12Si2/c1-22(20-46-31(39)23-12-16-25(17-13-23)37(42)43)29-30(48-32(40)24-14-18-26(19-15-24)38(44)45)28(36-33(41)49-29)27(50-52(10,11)35(5,6)7)21-47-51(8,9)34(2,3)4/h12-19,22,27-30H,20-21H2,1-11H3,(H,36,41)/t22-,27+,28-,29-,30-/m0/s1. The lowest BCUT2D eigenvalue weighted by Crippen LogP contribution is -2.66. The van der Waals surface area contributed by atoms with Gasteiger partial charge >= 0.3 is 18.0 Å². The van der Waals surface area contributed by atoms with Crippen LogP contribution in [0.2, 0.25) is 36.3 Å². The average Bonchev–Trinajstić information content (AvgIpc) is 3.04. The average molecular weight is 762 g/mol. The van der Waals surface area contributed by atoms with E-state index in [0.717, 1.165) is 0 Å². The van der Waals surface area contributed by atoms with Crippen LogP contribution in [0.4, 0.5) is 16.2 Å². The quantitative estimate of drug-likeness (QED) is 0.0659. The zero-order chi connectivity index (χ0) is 39.4. The summed E-state index contributed by atoms with van der Waals surface area (Å²) in [5.74, 6) is -2.33. The third kappa shape index (κ3) is 10.4. The highest BCUT2D eigenvalue weighted by Crippen LogP contribution is 2.40. The molecule has 0 aromatic heterocycles. The van der Waals surface area contributed by atoms with Crippen LogP contribution in [-0.2, 0) is 23.1 Å². The summed E-state index contributed by atoms with van der Waals surface area (Å²) >= 11 is 0. The normalized spacial score (nSPS) is 19.4. The van der Waals surface area contributed by atoms with Crippen molar-refractivity contribution in [3.8, 4) is 0 Å². The molecule has 1 fully saturated rings. The van der Waals surface area contributed by atoms with E-state index >= 15 is 0 Å². The summed E-state index contributed by atoms with van der Waals surface area (Å²) in [6.07, 6.45) is -3.97. The number of nitrogens with zero attached hydrogens (tertiary/aromatic N) is 2. The smallest absolute Gasteiger partial charge is 0.407 e. The van der Waals surface area contributed by atoms with Gasteiger partial charge in [-0.25, -0.2) is 14.4 Å². The SMILES string of the molecule is C[C@@H](COC(=O)c1ccc([N+](=O)[O-])cc1)[C@@H]1OC(=O)N[C@@H]([C@@H](CO[Si](C)(C)C(C)(C)C)O[Si](C)(C)C(C)(C)C)[C@@H]1OC(=O)c1ccc([N+](=O)[O-])cc1. The first-order valence-corrected chi connectivity index (χ1v) is 22.8. The van der Waals surface area contributed by atoms with Crippen molar-refractivity contribution >= 4 is 46.0 Å². The number of carbonyl (C=O) groups excluding carboxylic acids is 3. The molecule has 2 aromatic rings. The zero-order valence-electron chi connectivity index (χ0n) is 31.7. The van der Waals surface area contributed by atoms with Gasteiger partial charge in [-0.2, -0.15) is 0 Å². The molecule has 1 aliphatic heterocycles. The molecule has 0 saturated carbocycles. The third-order valence-corrected chi connectivity index (χ3v) is 19.2. The maximum absolute atomic E-state index is 13.7. The number of nitrogens with one attached hydrogen (secondary N) is 1. The second-order valence-corrected chi connectivity index (χ2v) is 25.6. The largest absolute Gasteiger partial charge is 0.462 e. The Morgan fingerprint density at radius 3 is 1.71 bits per heavy atom. The van der Waals surface area contributed by atoms with Crippen molar-refractivity contribution in [2.24, 2.45) is 5.92 Å². The molecule has 1 heterocycles. The highest BCUT2D eigenvalue weighted by Gasteiger charge is 2.51. The van der Waals surface area contributed by atoms with Crippen molar-refractivity contribution in [2.45, 2.75) is 109 Å². The number of nitro benzene ring substituents is 2. The maximum Gasteiger partial charge on any atom is 0.407 e. The van der Waals surface area contributed by atoms with Crippen LogP contribution in [0.15, 0.2) is 48.5 Å². The van der Waals surface area contributed by atoms with Crippen molar-refractivity contribution in [1.82, 2.24) is 5.32 Å². The number of ether oxygens (including phenoxy) is 3. The van der Waals surface area contributed by atoms with Crippen LogP contribution in [-0.4, -0.2) is 82.1 Å². The minimum absolute atomic E-state index is 0.0247. The fraction of sp³-hybridized carbons (Fsp3) is 0.571. The van der Waals surface area contributed by atoms with Crippen molar-refractivity contribution in [3.63, 3.8) is 0 Å². The van der Waals surface area contributed by atoms with Gasteiger partial charge in [-0.15, -0.1) is 0 Å². The van der Waals surface area contributed by atoms with Crippen LogP contribution >= 0.6 is 0 Å². The molecule has 2 aromatic carbocycles. The van der Waals surface area contributed by atoms with Crippen LogP contribution in [0.25, 0.3) is 0 Å². The number of hydrogen-bond donors (Lipinski definition) is 1. The molecule has 0 aliphatic carbocycles. The van der Waals surface area contributed by atoms with Crippen LogP contribution in [0, 0.1) is 26.1 Å². The fourth-order valence-electron chi connectivity index (χ4n) is 4.82. The third-order valence-electron chi connectivity index (χ3n) is 10.2. The molecule has 0 spiro atoms. The van der Waals surface area contributed by atoms with E-state index in [1.807, 2.05) is 0 Å². The van der Waals surface area contributed by atoms with Gasteiger partial charge in [0.1, 0.15) is 12.1 Å². The van der Waals surface area contributed by atoms with E-state index in [9.17, 15) is 34.6 Å². The molecule has 0 radical (unpaired) electrons. The number of nitro groups is 2. The van der Waals surface area contributed by atoms with Crippen molar-refractivity contribution in [2.75, 3.05) is 13.2 Å². The Morgan fingerprint density at radius 1 is 0.808 bits per heavy atom. The number of carbonyl (C=O) groups is 3. The van der Waals surface area contributed by atoms with Gasteiger partial charge in [-0.1, -0.05) is 48.5 Å². The number of hydrogen-bond acceptors (Lipinski definition) is 12. The number of alkyl carbamates (subject to hydrolysis) is 1. The Hall–Kier alpha value is -4.20. The molecule has 1 aliphatic rings. The first-order valence-electron chi connectivity index (χ1n) is 17.0. The molecule has 0 unspecified atom stereocenters. The Balaban J connectivity index is 2.03. The fourth-order valence-corrected chi connectivity index (χ4v) is 7.16. The molecule has 5 atom stereocenters. The lowest BCUT2D eigenvalue weighted by atomic mass is 9.91. The number of esters is 2. The molecular weight excluding hydrogens is 711 g/mol. The molecule has 15 nitrogen and oxygen atoms in total. The molecule has 17 heteroatoms. The molecular formula is C35H51N3O12Si2. The monoisotopic (exact) mass is 761 g/mol. The Bertz CT molecular complexity index is 1620. The van der Waals surface area contributed by atoms with E-state index in [1.165, 1.54) is 48.5 Å². The summed E-state index contributed by atoms with van der Waals surface area (Å²) in [5.41, 5.74) is -0.307. The molecule has 1 saturated heterocycles. The van der Waals surface area contributed by atoms with Crippen LogP contribution in [0.3, 0.4) is 0 Å². The van der Waals surface area contributed by atoms with Crippen LogP contribution in [0.5, 0.6) is 0 Å². The summed E-state index contributed by atoms with van der Waals surface area (Å²) in [7, 11) is -4.93. The van der Waals surface area contributed by atoms with E-state index in [0.29, 0.717) is 0 Å². The molecule has 3 rings (SSSR count). The summed E-state index contributed by atoms with van der Waals surface area (Å²) < 4.78 is 31.0. The van der Waals surface area contributed by atoms with Crippen LogP contribution < -0.4 is 5.32 Å². The van der Waals surface area contributed by atoms with Gasteiger partial charge in [0.15, 0.2) is 22.7 Å². The van der Waals surface area contributed by atoms with Crippen molar-refractivity contribution in [1.29, 1.82) is 0 Å². The predicted octanol–water partition coefficient (Wildman–Crippen LogP) is 7.41. The first kappa shape index (κ1) is 42.2. The molecule has 286 valence electrons. The van der Waals surface area contributed by atoms with Crippen LogP contribution in [0.1, 0.15) is 69.2 Å². The maximum atomic E-state index is 13.7. The lowest BCUT2D eigenvalue weighted by molar-refractivity contribution is -0.385. The number of amides is 1. The molecule has 1 N–H and O–H groups in total. The van der Waals surface area contributed by atoms with Crippen molar-refractivity contribution < 1.29 is 47.3 Å². The molecule has 1 amide bonds. The first-order chi connectivity index (χ1) is 23.8. The van der Waals surface area contributed by atoms with E-state index in [4.69, 9.17) is 23.1 Å². The highest BCUT2D eigenvalue weighted by molar-refractivity contribution is 6.74. The summed E-state index contributed by atoms with van der Waals surface area (Å²) in [5, 5.41) is 24.7. The van der Waals surface area contributed by atoms with Gasteiger partial charge in [0, 0.05) is 30.2 Å². The van der Waals surface area contributed by atoms with Gasteiger partial charge in [-0.3, -0.25) is 20.2 Å². The van der Waals surface area contributed by atoms with Gasteiger partial charge in [-0.05, 0) is 60.5 Å². The Labute approximate surface area is 306 Å². The van der Waals surface area contributed by atoms with Gasteiger partial charge in [0.05, 0.1) is 40.3 Å². The Kier molecular flexibility index (Phi) is 13.2. The van der Waals surface area contributed by atoms with E-state index in [1.54, 1.807) is 6.92 Å². The second-order valence-electron chi connectivity index (χ2n) is 16.1. The minimum Gasteiger partial charge on any atom is -0.462 e. The van der Waals surface area contributed by atoms with E-state index in [-0.39, 0.29) is 45.8 Å². The lowest BCUT2D eigenvalue weighted by Gasteiger charge is -2.47. The van der Waals surface area contributed by atoms with Gasteiger partial charge in [0.2, 0.25) is 0 Å². The summed E-state index contributed by atoms with van der Waals surface area (Å²) in [6, 6.07) is 8.82.